The van der Waals surface area contributed by atoms with Crippen molar-refractivity contribution in [2.24, 2.45) is 11.7 Å². The number of amides is 1. The van der Waals surface area contributed by atoms with Crippen LogP contribution in [0.1, 0.15) is 35.7 Å². The summed E-state index contributed by atoms with van der Waals surface area (Å²) in [5.41, 5.74) is 7.41. The number of nitrogens with one attached hydrogen (secondary N) is 1. The summed E-state index contributed by atoms with van der Waals surface area (Å²) in [7, 11) is 0. The molecule has 0 aromatic heterocycles. The number of benzene rings is 1. The first kappa shape index (κ1) is 12.1. The van der Waals surface area contributed by atoms with Crippen molar-refractivity contribution < 1.29 is 4.79 Å². The van der Waals surface area contributed by atoms with Gasteiger partial charge in [0.1, 0.15) is 0 Å². The van der Waals surface area contributed by atoms with Gasteiger partial charge in [0.2, 0.25) is 0 Å². The quantitative estimate of drug-likeness (QED) is 0.812. The standard InChI is InChI=1S/C14H20N2O/c1-2-11-9-13(11)16-14(17)12-5-3-10(4-6-12)7-8-15/h3-6,11,13H,2,7-9,15H2,1H3,(H,16,17). The van der Waals surface area contributed by atoms with Gasteiger partial charge in [-0.1, -0.05) is 25.5 Å². The molecule has 1 aliphatic rings. The maximum atomic E-state index is 11.9. The van der Waals surface area contributed by atoms with E-state index in [0.29, 0.717) is 18.5 Å². The Bertz CT molecular complexity index is 386. The van der Waals surface area contributed by atoms with Crippen LogP contribution in [-0.2, 0) is 6.42 Å². The van der Waals surface area contributed by atoms with Crippen LogP contribution in [0.5, 0.6) is 0 Å². The number of rotatable bonds is 5. The molecule has 0 bridgehead atoms. The van der Waals surface area contributed by atoms with E-state index >= 15 is 0 Å². The molecule has 17 heavy (non-hydrogen) atoms. The fourth-order valence-corrected chi connectivity index (χ4v) is 2.12. The molecule has 2 atom stereocenters. The summed E-state index contributed by atoms with van der Waals surface area (Å²) in [6.45, 7) is 2.81. The fraction of sp³-hybridized carbons (Fsp3) is 0.500. The van der Waals surface area contributed by atoms with E-state index in [1.54, 1.807) is 0 Å². The van der Waals surface area contributed by atoms with E-state index in [-0.39, 0.29) is 5.91 Å². The topological polar surface area (TPSA) is 55.1 Å². The van der Waals surface area contributed by atoms with Gasteiger partial charge in [-0.05, 0) is 43.0 Å². The van der Waals surface area contributed by atoms with Crippen LogP contribution in [0.4, 0.5) is 0 Å². The molecule has 3 heteroatoms. The summed E-state index contributed by atoms with van der Waals surface area (Å²) in [4.78, 5) is 11.9. The lowest BCUT2D eigenvalue weighted by atomic mass is 10.1. The zero-order valence-corrected chi connectivity index (χ0v) is 10.3. The second-order valence-electron chi connectivity index (χ2n) is 4.72. The highest BCUT2D eigenvalue weighted by Crippen LogP contribution is 2.33. The van der Waals surface area contributed by atoms with Crippen LogP contribution in [0.3, 0.4) is 0 Å². The van der Waals surface area contributed by atoms with Gasteiger partial charge in [-0.15, -0.1) is 0 Å². The van der Waals surface area contributed by atoms with Crippen molar-refractivity contribution in [1.29, 1.82) is 0 Å². The first-order valence-corrected chi connectivity index (χ1v) is 6.34. The maximum absolute atomic E-state index is 11.9. The summed E-state index contributed by atoms with van der Waals surface area (Å²) >= 11 is 0. The summed E-state index contributed by atoms with van der Waals surface area (Å²) < 4.78 is 0. The lowest BCUT2D eigenvalue weighted by Crippen LogP contribution is -2.26. The molecular formula is C14H20N2O. The van der Waals surface area contributed by atoms with Crippen LogP contribution in [0, 0.1) is 5.92 Å². The molecule has 1 saturated carbocycles. The zero-order chi connectivity index (χ0) is 12.3. The average molecular weight is 232 g/mol. The van der Waals surface area contributed by atoms with Gasteiger partial charge in [-0.2, -0.15) is 0 Å². The summed E-state index contributed by atoms with van der Waals surface area (Å²) in [6, 6.07) is 8.11. The zero-order valence-electron chi connectivity index (χ0n) is 10.3. The van der Waals surface area contributed by atoms with Gasteiger partial charge in [-0.25, -0.2) is 0 Å². The Balaban J connectivity index is 1.90. The highest BCUT2D eigenvalue weighted by Gasteiger charge is 2.36. The Hall–Kier alpha value is -1.35. The Kier molecular flexibility index (Phi) is 3.79. The van der Waals surface area contributed by atoms with Gasteiger partial charge in [0.05, 0.1) is 0 Å². The second-order valence-corrected chi connectivity index (χ2v) is 4.72. The van der Waals surface area contributed by atoms with E-state index in [1.165, 1.54) is 5.56 Å². The Morgan fingerprint density at radius 3 is 2.65 bits per heavy atom. The molecule has 0 saturated heterocycles. The lowest BCUT2D eigenvalue weighted by Gasteiger charge is -2.05. The first-order chi connectivity index (χ1) is 8.24. The SMILES string of the molecule is CCC1CC1NC(=O)c1ccc(CCN)cc1. The summed E-state index contributed by atoms with van der Waals surface area (Å²) in [6.07, 6.45) is 3.15. The molecule has 2 unspecified atom stereocenters. The van der Waals surface area contributed by atoms with Crippen molar-refractivity contribution in [3.63, 3.8) is 0 Å². The van der Waals surface area contributed by atoms with Crippen molar-refractivity contribution in [3.8, 4) is 0 Å². The molecule has 0 spiro atoms. The van der Waals surface area contributed by atoms with Crippen molar-refractivity contribution >= 4 is 5.91 Å². The van der Waals surface area contributed by atoms with Crippen LogP contribution in [0.15, 0.2) is 24.3 Å². The maximum Gasteiger partial charge on any atom is 0.251 e. The van der Waals surface area contributed by atoms with Gasteiger partial charge in [-0.3, -0.25) is 4.79 Å². The van der Waals surface area contributed by atoms with Crippen LogP contribution >= 0.6 is 0 Å². The van der Waals surface area contributed by atoms with Gasteiger partial charge < -0.3 is 11.1 Å². The van der Waals surface area contributed by atoms with Crippen molar-refractivity contribution in [2.45, 2.75) is 32.2 Å². The highest BCUT2D eigenvalue weighted by atomic mass is 16.1. The van der Waals surface area contributed by atoms with E-state index in [0.717, 1.165) is 24.8 Å². The molecule has 3 N–H and O–H groups in total. The Labute approximate surface area is 102 Å². The Morgan fingerprint density at radius 2 is 2.12 bits per heavy atom. The van der Waals surface area contributed by atoms with E-state index in [1.807, 2.05) is 24.3 Å². The van der Waals surface area contributed by atoms with Crippen LogP contribution in [-0.4, -0.2) is 18.5 Å². The minimum atomic E-state index is 0.0465. The molecule has 3 nitrogen and oxygen atoms in total. The third-order valence-corrected chi connectivity index (χ3v) is 3.41. The van der Waals surface area contributed by atoms with Gasteiger partial charge in [0.25, 0.3) is 5.91 Å². The minimum absolute atomic E-state index is 0.0465. The molecule has 1 aliphatic carbocycles. The number of hydrogen-bond acceptors (Lipinski definition) is 2. The molecule has 1 fully saturated rings. The molecule has 1 amide bonds. The molecule has 92 valence electrons. The third kappa shape index (κ3) is 3.07. The van der Waals surface area contributed by atoms with Crippen molar-refractivity contribution in [3.05, 3.63) is 35.4 Å². The molecule has 1 aromatic rings. The minimum Gasteiger partial charge on any atom is -0.349 e. The van der Waals surface area contributed by atoms with E-state index in [9.17, 15) is 4.79 Å². The molecule has 0 heterocycles. The normalized spacial score (nSPS) is 22.2. The Morgan fingerprint density at radius 1 is 1.41 bits per heavy atom. The molecule has 1 aromatic carbocycles. The predicted molar refractivity (Wildman–Crippen MR) is 68.9 cm³/mol. The predicted octanol–water partition coefficient (Wildman–Crippen LogP) is 1.72. The highest BCUT2D eigenvalue weighted by molar-refractivity contribution is 5.94. The van der Waals surface area contributed by atoms with Crippen LogP contribution in [0.2, 0.25) is 0 Å². The van der Waals surface area contributed by atoms with E-state index in [2.05, 4.69) is 12.2 Å². The van der Waals surface area contributed by atoms with Gasteiger partial charge >= 0.3 is 0 Å². The fourth-order valence-electron chi connectivity index (χ4n) is 2.12. The molecular weight excluding hydrogens is 212 g/mol. The van der Waals surface area contributed by atoms with Gasteiger partial charge in [0.15, 0.2) is 0 Å². The summed E-state index contributed by atoms with van der Waals surface area (Å²) in [5, 5.41) is 3.06. The third-order valence-electron chi connectivity index (χ3n) is 3.41. The molecule has 2 rings (SSSR count). The van der Waals surface area contributed by atoms with E-state index < -0.39 is 0 Å². The van der Waals surface area contributed by atoms with Gasteiger partial charge in [0, 0.05) is 11.6 Å². The number of carbonyl (C=O) groups is 1. The molecule has 0 aliphatic heterocycles. The van der Waals surface area contributed by atoms with E-state index in [4.69, 9.17) is 5.73 Å². The number of hydrogen-bond donors (Lipinski definition) is 2. The monoisotopic (exact) mass is 232 g/mol. The summed E-state index contributed by atoms with van der Waals surface area (Å²) in [5.74, 6) is 0.737. The first-order valence-electron chi connectivity index (χ1n) is 6.34. The van der Waals surface area contributed by atoms with Crippen molar-refractivity contribution in [1.82, 2.24) is 5.32 Å². The van der Waals surface area contributed by atoms with Crippen LogP contribution in [0.25, 0.3) is 0 Å². The smallest absolute Gasteiger partial charge is 0.251 e. The van der Waals surface area contributed by atoms with Crippen LogP contribution < -0.4 is 11.1 Å². The van der Waals surface area contributed by atoms with Crippen molar-refractivity contribution in [2.75, 3.05) is 6.54 Å². The average Bonchev–Trinajstić information content (AvgIpc) is 3.09. The number of carbonyl (C=O) groups excluding carboxylic acids is 1. The lowest BCUT2D eigenvalue weighted by molar-refractivity contribution is 0.0949. The number of nitrogens with two attached hydrogens (primary N) is 1. The second kappa shape index (κ2) is 5.32. The largest absolute Gasteiger partial charge is 0.349 e. The molecule has 0 radical (unpaired) electrons.